The molecule has 0 radical (unpaired) electrons. The van der Waals surface area contributed by atoms with Crippen LogP contribution in [0.2, 0.25) is 0 Å². The van der Waals surface area contributed by atoms with E-state index >= 15 is 0 Å². The zero-order valence-electron chi connectivity index (χ0n) is 13.4. The largest absolute Gasteiger partial charge is 0.410 e. The van der Waals surface area contributed by atoms with Crippen molar-refractivity contribution in [1.82, 2.24) is 24.9 Å². The number of fused-ring (bicyclic) bond motifs is 1. The molecule has 25 heavy (non-hydrogen) atoms. The fourth-order valence-electron chi connectivity index (χ4n) is 2.85. The van der Waals surface area contributed by atoms with Gasteiger partial charge in [-0.05, 0) is 35.9 Å². The molecule has 3 heterocycles. The molecule has 0 bridgehead atoms. The summed E-state index contributed by atoms with van der Waals surface area (Å²) in [6.07, 6.45) is -1.54. The SMILES string of the molecule is CC1CC(C(F)(F)F)n2ncc(CNC(=O)c3c(I)cnn3C)c2N1. The molecule has 11 heteroatoms. The Morgan fingerprint density at radius 1 is 1.44 bits per heavy atom. The summed E-state index contributed by atoms with van der Waals surface area (Å²) in [5.74, 6) is -0.0540. The number of nitrogens with one attached hydrogen (secondary N) is 2. The van der Waals surface area contributed by atoms with E-state index in [-0.39, 0.29) is 24.9 Å². The maximum atomic E-state index is 13.2. The van der Waals surface area contributed by atoms with E-state index in [1.165, 1.54) is 10.9 Å². The maximum absolute atomic E-state index is 13.2. The summed E-state index contributed by atoms with van der Waals surface area (Å²) in [4.78, 5) is 12.3. The Balaban J connectivity index is 1.79. The van der Waals surface area contributed by atoms with Gasteiger partial charge in [0.15, 0.2) is 6.04 Å². The zero-order valence-corrected chi connectivity index (χ0v) is 15.6. The van der Waals surface area contributed by atoms with Gasteiger partial charge in [0, 0.05) is 25.2 Å². The average Bonchev–Trinajstić information content (AvgIpc) is 3.06. The van der Waals surface area contributed by atoms with Crippen LogP contribution in [0.25, 0.3) is 0 Å². The first-order chi connectivity index (χ1) is 11.7. The van der Waals surface area contributed by atoms with E-state index in [2.05, 4.69) is 20.8 Å². The monoisotopic (exact) mass is 468 g/mol. The summed E-state index contributed by atoms with van der Waals surface area (Å²) >= 11 is 2.00. The van der Waals surface area contributed by atoms with Crippen molar-refractivity contribution in [2.75, 3.05) is 5.32 Å². The average molecular weight is 468 g/mol. The van der Waals surface area contributed by atoms with Gasteiger partial charge in [0.05, 0.1) is 16.0 Å². The first-order valence-corrected chi connectivity index (χ1v) is 8.61. The Bertz CT molecular complexity index is 780. The van der Waals surface area contributed by atoms with Crippen molar-refractivity contribution < 1.29 is 18.0 Å². The molecule has 0 spiro atoms. The van der Waals surface area contributed by atoms with Gasteiger partial charge >= 0.3 is 6.18 Å². The van der Waals surface area contributed by atoms with Crippen molar-refractivity contribution in [3.05, 3.63) is 27.2 Å². The fraction of sp³-hybridized carbons (Fsp3) is 0.500. The molecule has 2 atom stereocenters. The van der Waals surface area contributed by atoms with Gasteiger partial charge in [-0.25, -0.2) is 4.68 Å². The number of nitrogens with zero attached hydrogens (tertiary/aromatic N) is 4. The molecular weight excluding hydrogens is 452 g/mol. The van der Waals surface area contributed by atoms with E-state index in [0.29, 0.717) is 20.6 Å². The molecule has 3 rings (SSSR count). The number of anilines is 1. The number of amides is 1. The molecular formula is C14H16F3IN6O. The normalized spacial score (nSPS) is 20.1. The standard InChI is InChI=1S/C14H16F3IN6O/c1-7-3-10(14(15,16)17)24-12(22-7)8(5-21-24)4-19-13(25)11-9(18)6-20-23(11)2/h5-7,10,22H,3-4H2,1-2H3,(H,19,25). The minimum atomic E-state index is -4.37. The van der Waals surface area contributed by atoms with Crippen LogP contribution < -0.4 is 10.6 Å². The highest BCUT2D eigenvalue weighted by atomic mass is 127. The highest BCUT2D eigenvalue weighted by Gasteiger charge is 2.45. The van der Waals surface area contributed by atoms with Gasteiger partial charge in [0.2, 0.25) is 0 Å². The minimum Gasteiger partial charge on any atom is -0.367 e. The molecule has 0 aliphatic carbocycles. The number of rotatable bonds is 3. The van der Waals surface area contributed by atoms with Gasteiger partial charge in [-0.3, -0.25) is 9.48 Å². The van der Waals surface area contributed by atoms with E-state index in [1.807, 2.05) is 22.6 Å². The van der Waals surface area contributed by atoms with Crippen molar-refractivity contribution in [3.63, 3.8) is 0 Å². The van der Waals surface area contributed by atoms with Crippen LogP contribution in [-0.4, -0.2) is 37.7 Å². The van der Waals surface area contributed by atoms with Crippen molar-refractivity contribution in [1.29, 1.82) is 0 Å². The van der Waals surface area contributed by atoms with Crippen LogP contribution in [0.15, 0.2) is 12.4 Å². The molecule has 7 nitrogen and oxygen atoms in total. The second kappa shape index (κ2) is 6.50. The van der Waals surface area contributed by atoms with Crippen LogP contribution in [0, 0.1) is 3.57 Å². The minimum absolute atomic E-state index is 0.0692. The number of hydrogen-bond acceptors (Lipinski definition) is 4. The number of carbonyl (C=O) groups excluding carboxylic acids is 1. The summed E-state index contributed by atoms with van der Waals surface area (Å²) in [6, 6.07) is -2.01. The summed E-state index contributed by atoms with van der Waals surface area (Å²) in [5.41, 5.74) is 0.905. The third-order valence-corrected chi connectivity index (χ3v) is 4.84. The lowest BCUT2D eigenvalue weighted by Crippen LogP contribution is -2.38. The Morgan fingerprint density at radius 2 is 2.16 bits per heavy atom. The smallest absolute Gasteiger partial charge is 0.367 e. The van der Waals surface area contributed by atoms with Crippen LogP contribution in [-0.2, 0) is 13.6 Å². The summed E-state index contributed by atoms with van der Waals surface area (Å²) in [6.45, 7) is 1.76. The Kier molecular flexibility index (Phi) is 4.68. The molecule has 2 aromatic rings. The van der Waals surface area contributed by atoms with Gasteiger partial charge in [0.25, 0.3) is 5.91 Å². The second-order valence-corrected chi connectivity index (χ2v) is 7.11. The summed E-state index contributed by atoms with van der Waals surface area (Å²) in [5, 5.41) is 13.6. The summed E-state index contributed by atoms with van der Waals surface area (Å²) in [7, 11) is 1.65. The van der Waals surface area contributed by atoms with Crippen molar-refractivity contribution in [3.8, 4) is 0 Å². The van der Waals surface area contributed by atoms with Gasteiger partial charge < -0.3 is 10.6 Å². The lowest BCUT2D eigenvalue weighted by Gasteiger charge is -2.32. The summed E-state index contributed by atoms with van der Waals surface area (Å²) < 4.78 is 42.8. The van der Waals surface area contributed by atoms with Gasteiger partial charge in [-0.15, -0.1) is 0 Å². The van der Waals surface area contributed by atoms with Gasteiger partial charge in [-0.1, -0.05) is 0 Å². The molecule has 2 N–H and O–H groups in total. The third-order valence-electron chi connectivity index (χ3n) is 4.05. The van der Waals surface area contributed by atoms with E-state index in [4.69, 9.17) is 0 Å². The van der Waals surface area contributed by atoms with Crippen molar-refractivity contribution in [2.45, 2.75) is 38.1 Å². The highest BCUT2D eigenvalue weighted by molar-refractivity contribution is 14.1. The third kappa shape index (κ3) is 3.46. The molecule has 0 saturated heterocycles. The van der Waals surface area contributed by atoms with Crippen LogP contribution in [0.5, 0.6) is 0 Å². The molecule has 0 fully saturated rings. The van der Waals surface area contributed by atoms with Gasteiger partial charge in [0.1, 0.15) is 11.5 Å². The Hall–Kier alpha value is -1.79. The topological polar surface area (TPSA) is 76.8 Å². The lowest BCUT2D eigenvalue weighted by molar-refractivity contribution is -0.173. The van der Waals surface area contributed by atoms with Crippen LogP contribution in [0.3, 0.4) is 0 Å². The molecule has 0 saturated carbocycles. The molecule has 2 aromatic heterocycles. The zero-order chi connectivity index (χ0) is 18.4. The van der Waals surface area contributed by atoms with Crippen LogP contribution in [0.4, 0.5) is 19.0 Å². The van der Waals surface area contributed by atoms with Crippen LogP contribution >= 0.6 is 22.6 Å². The van der Waals surface area contributed by atoms with E-state index in [9.17, 15) is 18.0 Å². The Labute approximate surface area is 155 Å². The van der Waals surface area contributed by atoms with E-state index in [0.717, 1.165) is 4.68 Å². The quantitative estimate of drug-likeness (QED) is 0.679. The van der Waals surface area contributed by atoms with Crippen molar-refractivity contribution >= 4 is 34.3 Å². The molecule has 1 aliphatic heterocycles. The first kappa shape index (κ1) is 18.0. The number of alkyl halides is 3. The van der Waals surface area contributed by atoms with Gasteiger partial charge in [-0.2, -0.15) is 23.4 Å². The molecule has 136 valence electrons. The second-order valence-electron chi connectivity index (χ2n) is 5.95. The molecule has 0 aromatic carbocycles. The highest BCUT2D eigenvalue weighted by Crippen LogP contribution is 2.40. The predicted octanol–water partition coefficient (Wildman–Crippen LogP) is 2.46. The molecule has 1 amide bonds. The van der Waals surface area contributed by atoms with E-state index in [1.54, 1.807) is 20.2 Å². The number of carbonyl (C=O) groups is 1. The van der Waals surface area contributed by atoms with Crippen molar-refractivity contribution in [2.24, 2.45) is 7.05 Å². The van der Waals surface area contributed by atoms with E-state index < -0.39 is 12.2 Å². The number of aromatic nitrogens is 4. The predicted molar refractivity (Wildman–Crippen MR) is 92.1 cm³/mol. The number of hydrogen-bond donors (Lipinski definition) is 2. The molecule has 2 unspecified atom stereocenters. The first-order valence-electron chi connectivity index (χ1n) is 7.53. The molecule has 1 aliphatic rings. The lowest BCUT2D eigenvalue weighted by atomic mass is 10.1. The number of aryl methyl sites for hydroxylation is 1. The fourth-order valence-corrected chi connectivity index (χ4v) is 3.57. The Morgan fingerprint density at radius 3 is 2.76 bits per heavy atom. The maximum Gasteiger partial charge on any atom is 0.410 e. The van der Waals surface area contributed by atoms with Crippen LogP contribution in [0.1, 0.15) is 35.4 Å². The number of halogens is 4.